The van der Waals surface area contributed by atoms with Gasteiger partial charge in [0.15, 0.2) is 0 Å². The average Bonchev–Trinajstić information content (AvgIpc) is 2.90. The van der Waals surface area contributed by atoms with Crippen LogP contribution in [0.25, 0.3) is 11.5 Å². The van der Waals surface area contributed by atoms with E-state index < -0.39 is 0 Å². The van der Waals surface area contributed by atoms with Gasteiger partial charge in [0.05, 0.1) is 13.2 Å². The van der Waals surface area contributed by atoms with Gasteiger partial charge in [-0.2, -0.15) is 0 Å². The maximum atomic E-state index is 5.66. The van der Waals surface area contributed by atoms with E-state index in [1.165, 1.54) is 0 Å². The lowest BCUT2D eigenvalue weighted by atomic mass is 10.2. The number of hydrogen-bond donors (Lipinski definition) is 1. The molecule has 0 radical (unpaired) electrons. The van der Waals surface area contributed by atoms with Crippen molar-refractivity contribution in [2.24, 2.45) is 0 Å². The van der Waals surface area contributed by atoms with Crippen molar-refractivity contribution in [1.82, 2.24) is 15.5 Å². The van der Waals surface area contributed by atoms with Gasteiger partial charge in [-0.1, -0.05) is 6.92 Å². The fourth-order valence-corrected chi connectivity index (χ4v) is 1.73. The molecular weight excluding hydrogens is 230 g/mol. The zero-order chi connectivity index (χ0) is 13.0. The summed E-state index contributed by atoms with van der Waals surface area (Å²) in [6.45, 7) is 2.07. The van der Waals surface area contributed by atoms with Gasteiger partial charge in [0.25, 0.3) is 0 Å². The molecule has 0 spiro atoms. The molecule has 1 aromatic heterocycles. The molecule has 5 nitrogen and oxygen atoms in total. The molecule has 0 aliphatic rings. The Labute approximate surface area is 106 Å². The van der Waals surface area contributed by atoms with Gasteiger partial charge in [-0.25, -0.2) is 0 Å². The fourth-order valence-electron chi connectivity index (χ4n) is 1.73. The van der Waals surface area contributed by atoms with E-state index in [1.807, 2.05) is 31.3 Å². The van der Waals surface area contributed by atoms with Gasteiger partial charge in [-0.15, -0.1) is 10.2 Å². The molecule has 1 heterocycles. The van der Waals surface area contributed by atoms with Crippen LogP contribution in [0.1, 0.15) is 25.3 Å². The molecule has 0 amide bonds. The fraction of sp³-hybridized carbons (Fsp3) is 0.385. The first-order chi connectivity index (χ1) is 8.78. The van der Waals surface area contributed by atoms with Crippen LogP contribution in [0, 0.1) is 0 Å². The first-order valence-corrected chi connectivity index (χ1v) is 5.93. The lowest BCUT2D eigenvalue weighted by molar-refractivity contribution is 0.413. The van der Waals surface area contributed by atoms with Gasteiger partial charge in [0, 0.05) is 5.56 Å². The third kappa shape index (κ3) is 2.51. The van der Waals surface area contributed by atoms with Crippen LogP contribution >= 0.6 is 0 Å². The van der Waals surface area contributed by atoms with E-state index in [2.05, 4.69) is 22.4 Å². The predicted molar refractivity (Wildman–Crippen MR) is 68.4 cm³/mol. The van der Waals surface area contributed by atoms with Gasteiger partial charge < -0.3 is 14.5 Å². The molecule has 96 valence electrons. The number of hydrogen-bond acceptors (Lipinski definition) is 5. The molecule has 5 heteroatoms. The molecule has 0 saturated heterocycles. The monoisotopic (exact) mass is 247 g/mol. The molecule has 0 aliphatic heterocycles. The number of nitrogens with one attached hydrogen (secondary N) is 1. The van der Waals surface area contributed by atoms with Crippen molar-refractivity contribution in [1.29, 1.82) is 0 Å². The average molecular weight is 247 g/mol. The van der Waals surface area contributed by atoms with Gasteiger partial charge in [0.2, 0.25) is 11.8 Å². The maximum Gasteiger partial charge on any atom is 0.247 e. The summed E-state index contributed by atoms with van der Waals surface area (Å²) in [5.74, 6) is 1.95. The Morgan fingerprint density at radius 2 is 2.00 bits per heavy atom. The highest BCUT2D eigenvalue weighted by atomic mass is 16.5. The number of ether oxygens (including phenoxy) is 1. The molecule has 18 heavy (non-hydrogen) atoms. The Bertz CT molecular complexity index is 489. The highest BCUT2D eigenvalue weighted by Crippen LogP contribution is 2.23. The zero-order valence-electron chi connectivity index (χ0n) is 10.8. The van der Waals surface area contributed by atoms with E-state index >= 15 is 0 Å². The van der Waals surface area contributed by atoms with E-state index in [0.29, 0.717) is 11.8 Å². The van der Waals surface area contributed by atoms with E-state index in [-0.39, 0.29) is 6.04 Å². The number of nitrogens with zero attached hydrogens (tertiary/aromatic N) is 2. The molecule has 1 atom stereocenters. The Hall–Kier alpha value is -1.88. The molecule has 1 N–H and O–H groups in total. The van der Waals surface area contributed by atoms with Gasteiger partial charge >= 0.3 is 0 Å². The number of aromatic nitrogens is 2. The molecule has 0 fully saturated rings. The van der Waals surface area contributed by atoms with Crippen molar-refractivity contribution < 1.29 is 9.15 Å². The predicted octanol–water partition coefficient (Wildman–Crippen LogP) is 2.42. The lowest BCUT2D eigenvalue weighted by Gasteiger charge is -2.07. The largest absolute Gasteiger partial charge is 0.497 e. The summed E-state index contributed by atoms with van der Waals surface area (Å²) >= 11 is 0. The molecular formula is C13H17N3O2. The molecule has 2 aromatic rings. The van der Waals surface area contributed by atoms with Crippen molar-refractivity contribution in [2.45, 2.75) is 19.4 Å². The third-order valence-corrected chi connectivity index (χ3v) is 2.83. The van der Waals surface area contributed by atoms with E-state index in [1.54, 1.807) is 7.11 Å². The lowest BCUT2D eigenvalue weighted by Crippen LogP contribution is -2.15. The summed E-state index contributed by atoms with van der Waals surface area (Å²) in [5, 5.41) is 11.3. The SMILES string of the molecule is CCC(NC)c1nnc(-c2ccc(OC)cc2)o1. The van der Waals surface area contributed by atoms with Crippen LogP contribution in [-0.2, 0) is 0 Å². The van der Waals surface area contributed by atoms with Crippen LogP contribution in [0.2, 0.25) is 0 Å². The summed E-state index contributed by atoms with van der Waals surface area (Å²) in [6.07, 6.45) is 0.904. The second-order valence-electron chi connectivity index (χ2n) is 3.92. The van der Waals surface area contributed by atoms with Crippen molar-refractivity contribution in [3.05, 3.63) is 30.2 Å². The first kappa shape index (κ1) is 12.6. The summed E-state index contributed by atoms with van der Waals surface area (Å²) in [5.41, 5.74) is 0.889. The number of benzene rings is 1. The Kier molecular flexibility index (Phi) is 3.94. The standard InChI is InChI=1S/C13H17N3O2/c1-4-11(14-2)13-16-15-12(18-13)9-5-7-10(17-3)8-6-9/h5-8,11,14H,4H2,1-3H3. The Morgan fingerprint density at radius 1 is 1.28 bits per heavy atom. The highest BCUT2D eigenvalue weighted by Gasteiger charge is 2.15. The molecule has 1 unspecified atom stereocenters. The van der Waals surface area contributed by atoms with Crippen LogP contribution in [0.4, 0.5) is 0 Å². The minimum atomic E-state index is 0.101. The first-order valence-electron chi connectivity index (χ1n) is 5.93. The van der Waals surface area contributed by atoms with Crippen molar-refractivity contribution in [3.63, 3.8) is 0 Å². The van der Waals surface area contributed by atoms with Gasteiger partial charge in [-0.05, 0) is 37.7 Å². The van der Waals surface area contributed by atoms with E-state index in [4.69, 9.17) is 9.15 Å². The molecule has 1 aromatic carbocycles. The second-order valence-corrected chi connectivity index (χ2v) is 3.92. The molecule has 0 bridgehead atoms. The van der Waals surface area contributed by atoms with Crippen LogP contribution in [0.15, 0.2) is 28.7 Å². The van der Waals surface area contributed by atoms with Crippen LogP contribution < -0.4 is 10.1 Å². The normalized spacial score (nSPS) is 12.4. The third-order valence-electron chi connectivity index (χ3n) is 2.83. The second kappa shape index (κ2) is 5.64. The van der Waals surface area contributed by atoms with Crippen molar-refractivity contribution in [2.75, 3.05) is 14.2 Å². The van der Waals surface area contributed by atoms with E-state index in [0.717, 1.165) is 17.7 Å². The number of rotatable bonds is 5. The van der Waals surface area contributed by atoms with Crippen molar-refractivity contribution >= 4 is 0 Å². The summed E-state index contributed by atoms with van der Waals surface area (Å²) in [6, 6.07) is 7.64. The van der Waals surface area contributed by atoms with Gasteiger partial charge in [-0.3, -0.25) is 0 Å². The smallest absolute Gasteiger partial charge is 0.247 e. The van der Waals surface area contributed by atoms with Crippen LogP contribution in [0.3, 0.4) is 0 Å². The highest BCUT2D eigenvalue weighted by molar-refractivity contribution is 5.53. The van der Waals surface area contributed by atoms with Crippen LogP contribution in [0.5, 0.6) is 5.75 Å². The van der Waals surface area contributed by atoms with Crippen LogP contribution in [-0.4, -0.2) is 24.4 Å². The number of methoxy groups -OCH3 is 1. The van der Waals surface area contributed by atoms with Crippen molar-refractivity contribution in [3.8, 4) is 17.2 Å². The summed E-state index contributed by atoms with van der Waals surface area (Å²) in [4.78, 5) is 0. The van der Waals surface area contributed by atoms with Gasteiger partial charge in [0.1, 0.15) is 5.75 Å². The molecule has 0 aliphatic carbocycles. The molecule has 0 saturated carbocycles. The summed E-state index contributed by atoms with van der Waals surface area (Å²) in [7, 11) is 3.52. The topological polar surface area (TPSA) is 60.2 Å². The zero-order valence-corrected chi connectivity index (χ0v) is 10.8. The Balaban J connectivity index is 2.23. The molecule has 2 rings (SSSR count). The Morgan fingerprint density at radius 3 is 2.56 bits per heavy atom. The quantitative estimate of drug-likeness (QED) is 0.879. The maximum absolute atomic E-state index is 5.66. The van der Waals surface area contributed by atoms with E-state index in [9.17, 15) is 0 Å². The minimum Gasteiger partial charge on any atom is -0.497 e. The summed E-state index contributed by atoms with van der Waals surface area (Å²) < 4.78 is 10.8. The minimum absolute atomic E-state index is 0.101.